The fourth-order valence-corrected chi connectivity index (χ4v) is 2.50. The number of aromatic nitrogens is 2. The molecule has 2 N–H and O–H groups in total. The van der Waals surface area contributed by atoms with Gasteiger partial charge in [-0.3, -0.25) is 0 Å². The molecule has 1 fully saturated rings. The largest absolute Gasteiger partial charge is 0.396 e. The lowest BCUT2D eigenvalue weighted by Crippen LogP contribution is -2.37. The van der Waals surface area contributed by atoms with E-state index in [2.05, 4.69) is 34.0 Å². The van der Waals surface area contributed by atoms with Crippen LogP contribution in [0.2, 0.25) is 0 Å². The van der Waals surface area contributed by atoms with Gasteiger partial charge in [-0.05, 0) is 25.7 Å². The van der Waals surface area contributed by atoms with Crippen LogP contribution >= 0.6 is 0 Å². The first-order valence-electron chi connectivity index (χ1n) is 7.24. The Morgan fingerprint density at radius 2 is 2.26 bits per heavy atom. The van der Waals surface area contributed by atoms with Crippen molar-refractivity contribution < 1.29 is 5.11 Å². The first kappa shape index (κ1) is 14.1. The van der Waals surface area contributed by atoms with Crippen LogP contribution < -0.4 is 10.2 Å². The van der Waals surface area contributed by atoms with E-state index in [1.165, 1.54) is 0 Å². The number of hydrogen-bond acceptors (Lipinski definition) is 5. The van der Waals surface area contributed by atoms with E-state index >= 15 is 0 Å². The van der Waals surface area contributed by atoms with Gasteiger partial charge in [-0.2, -0.15) is 0 Å². The first-order chi connectivity index (χ1) is 9.26. The Balaban J connectivity index is 2.19. The van der Waals surface area contributed by atoms with Gasteiger partial charge in [0.25, 0.3) is 0 Å². The van der Waals surface area contributed by atoms with Gasteiger partial charge in [0.2, 0.25) is 0 Å². The third kappa shape index (κ3) is 3.56. The van der Waals surface area contributed by atoms with E-state index in [0.29, 0.717) is 5.92 Å². The molecule has 1 aliphatic heterocycles. The van der Waals surface area contributed by atoms with Crippen molar-refractivity contribution in [3.63, 3.8) is 0 Å². The molecule has 0 radical (unpaired) electrons. The Hall–Kier alpha value is -1.36. The maximum Gasteiger partial charge on any atom is 0.134 e. The summed E-state index contributed by atoms with van der Waals surface area (Å²) in [4.78, 5) is 11.4. The number of hydrogen-bond donors (Lipinski definition) is 2. The van der Waals surface area contributed by atoms with Gasteiger partial charge in [0.05, 0.1) is 0 Å². The maximum atomic E-state index is 9.32. The van der Waals surface area contributed by atoms with Crippen molar-refractivity contribution in [3.05, 3.63) is 11.9 Å². The number of aliphatic hydroxyl groups excluding tert-OH is 1. The second-order valence-electron chi connectivity index (χ2n) is 5.05. The third-order valence-corrected chi connectivity index (χ3v) is 3.53. The summed E-state index contributed by atoms with van der Waals surface area (Å²) >= 11 is 0. The minimum Gasteiger partial charge on any atom is -0.396 e. The molecule has 1 aromatic heterocycles. The van der Waals surface area contributed by atoms with Gasteiger partial charge in [0, 0.05) is 38.7 Å². The predicted molar refractivity (Wildman–Crippen MR) is 77.6 cm³/mol. The number of nitrogens with one attached hydrogen (secondary N) is 1. The van der Waals surface area contributed by atoms with Crippen LogP contribution in [0.3, 0.4) is 0 Å². The van der Waals surface area contributed by atoms with E-state index in [1.54, 1.807) is 0 Å². The van der Waals surface area contributed by atoms with Gasteiger partial charge in [-0.1, -0.05) is 6.92 Å². The van der Waals surface area contributed by atoms with Crippen LogP contribution in [0.1, 0.15) is 32.5 Å². The minimum atomic E-state index is 0.266. The molecule has 2 rings (SSSR count). The van der Waals surface area contributed by atoms with Crippen LogP contribution in [0.4, 0.5) is 11.6 Å². The van der Waals surface area contributed by atoms with E-state index < -0.39 is 0 Å². The van der Waals surface area contributed by atoms with Crippen molar-refractivity contribution in [1.82, 2.24) is 9.97 Å². The fourth-order valence-electron chi connectivity index (χ4n) is 2.50. The molecular formula is C14H24N4O. The van der Waals surface area contributed by atoms with Crippen molar-refractivity contribution in [3.8, 4) is 0 Å². The highest BCUT2D eigenvalue weighted by molar-refractivity contribution is 5.49. The first-order valence-corrected chi connectivity index (χ1v) is 7.24. The highest BCUT2D eigenvalue weighted by Crippen LogP contribution is 2.23. The number of aliphatic hydroxyl groups is 1. The summed E-state index contributed by atoms with van der Waals surface area (Å²) in [5.74, 6) is 3.13. The lowest BCUT2D eigenvalue weighted by Gasteiger charge is -2.33. The standard InChI is InChI=1S/C14H24N4O/c1-3-12-16-13(15-4-2)8-14(17-12)18-7-5-6-11(9-18)10-19/h8,11,19H,3-7,9-10H2,1-2H3,(H,15,16,17). The van der Waals surface area contributed by atoms with E-state index in [-0.39, 0.29) is 6.61 Å². The van der Waals surface area contributed by atoms with Gasteiger partial charge in [-0.25, -0.2) is 9.97 Å². The smallest absolute Gasteiger partial charge is 0.134 e. The zero-order valence-corrected chi connectivity index (χ0v) is 11.9. The molecule has 5 heteroatoms. The van der Waals surface area contributed by atoms with Crippen LogP contribution in [0.15, 0.2) is 6.07 Å². The van der Waals surface area contributed by atoms with Gasteiger partial charge in [0.1, 0.15) is 17.5 Å². The van der Waals surface area contributed by atoms with Crippen molar-refractivity contribution in [1.29, 1.82) is 0 Å². The van der Waals surface area contributed by atoms with E-state index in [1.807, 2.05) is 6.07 Å². The van der Waals surface area contributed by atoms with Crippen LogP contribution in [0, 0.1) is 5.92 Å². The molecule has 0 aromatic carbocycles. The molecular weight excluding hydrogens is 240 g/mol. The summed E-state index contributed by atoms with van der Waals surface area (Å²) < 4.78 is 0. The van der Waals surface area contributed by atoms with Gasteiger partial charge >= 0.3 is 0 Å². The second kappa shape index (κ2) is 6.70. The zero-order valence-electron chi connectivity index (χ0n) is 11.9. The minimum absolute atomic E-state index is 0.266. The summed E-state index contributed by atoms with van der Waals surface area (Å²) in [6.45, 7) is 7.17. The Labute approximate surface area is 115 Å². The van der Waals surface area contributed by atoms with E-state index in [9.17, 15) is 5.11 Å². The summed E-state index contributed by atoms with van der Waals surface area (Å²) in [7, 11) is 0. The molecule has 1 saturated heterocycles. The zero-order chi connectivity index (χ0) is 13.7. The molecule has 0 aliphatic carbocycles. The van der Waals surface area contributed by atoms with Crippen molar-refractivity contribution in [2.24, 2.45) is 5.92 Å². The average Bonchev–Trinajstić information content (AvgIpc) is 2.47. The number of nitrogens with zero attached hydrogens (tertiary/aromatic N) is 3. The highest BCUT2D eigenvalue weighted by Gasteiger charge is 2.21. The predicted octanol–water partition coefficient (Wildman–Crippen LogP) is 1.68. The quantitative estimate of drug-likeness (QED) is 0.847. The molecule has 0 bridgehead atoms. The molecule has 2 heterocycles. The summed E-state index contributed by atoms with van der Waals surface area (Å²) in [5.41, 5.74) is 0. The van der Waals surface area contributed by atoms with Crippen molar-refractivity contribution >= 4 is 11.6 Å². The SMILES string of the molecule is CCNc1cc(N2CCCC(CO)C2)nc(CC)n1. The molecule has 0 amide bonds. The Morgan fingerprint density at radius 1 is 1.42 bits per heavy atom. The van der Waals surface area contributed by atoms with Crippen LogP contribution in [0.5, 0.6) is 0 Å². The molecule has 0 spiro atoms. The Bertz CT molecular complexity index is 410. The number of rotatable bonds is 5. The monoisotopic (exact) mass is 264 g/mol. The van der Waals surface area contributed by atoms with Gasteiger partial charge in [0.15, 0.2) is 0 Å². The number of aryl methyl sites for hydroxylation is 1. The Morgan fingerprint density at radius 3 is 2.95 bits per heavy atom. The number of anilines is 2. The average molecular weight is 264 g/mol. The normalized spacial score (nSPS) is 19.5. The van der Waals surface area contributed by atoms with Gasteiger partial charge < -0.3 is 15.3 Å². The van der Waals surface area contributed by atoms with Crippen LogP contribution in [-0.2, 0) is 6.42 Å². The lowest BCUT2D eigenvalue weighted by molar-refractivity contribution is 0.208. The highest BCUT2D eigenvalue weighted by atomic mass is 16.3. The molecule has 1 atom stereocenters. The molecule has 1 aliphatic rings. The topological polar surface area (TPSA) is 61.3 Å². The Kier molecular flexibility index (Phi) is 4.96. The third-order valence-electron chi connectivity index (χ3n) is 3.53. The molecule has 19 heavy (non-hydrogen) atoms. The lowest BCUT2D eigenvalue weighted by atomic mass is 9.99. The molecule has 5 nitrogen and oxygen atoms in total. The molecule has 0 saturated carbocycles. The second-order valence-corrected chi connectivity index (χ2v) is 5.05. The van der Waals surface area contributed by atoms with Gasteiger partial charge in [-0.15, -0.1) is 0 Å². The van der Waals surface area contributed by atoms with Crippen molar-refractivity contribution in [2.45, 2.75) is 33.1 Å². The summed E-state index contributed by atoms with van der Waals surface area (Å²) in [6.07, 6.45) is 3.06. The molecule has 1 aromatic rings. The molecule has 106 valence electrons. The summed E-state index contributed by atoms with van der Waals surface area (Å²) in [6, 6.07) is 2.02. The van der Waals surface area contributed by atoms with Crippen LogP contribution in [0.25, 0.3) is 0 Å². The molecule has 1 unspecified atom stereocenters. The van der Waals surface area contributed by atoms with Crippen LogP contribution in [-0.4, -0.2) is 41.3 Å². The summed E-state index contributed by atoms with van der Waals surface area (Å²) in [5, 5.41) is 12.6. The van der Waals surface area contributed by atoms with E-state index in [4.69, 9.17) is 0 Å². The maximum absolute atomic E-state index is 9.32. The van der Waals surface area contributed by atoms with Crippen molar-refractivity contribution in [2.75, 3.05) is 36.5 Å². The number of piperidine rings is 1. The van der Waals surface area contributed by atoms with E-state index in [0.717, 1.165) is 56.4 Å². The fraction of sp³-hybridized carbons (Fsp3) is 0.714.